The Kier molecular flexibility index (Phi) is 7.67. The Hall–Kier alpha value is -7.18. The Morgan fingerprint density at radius 2 is 1.23 bits per heavy atom. The Labute approximate surface area is 300 Å². The largest absolute Gasteiger partial charge is 0.436 e. The first-order chi connectivity index (χ1) is 25.6. The van der Waals surface area contributed by atoms with E-state index in [9.17, 15) is 0 Å². The summed E-state index contributed by atoms with van der Waals surface area (Å²) in [4.78, 5) is 19.2. The lowest BCUT2D eigenvalue weighted by molar-refractivity contribution is 0.620. The van der Waals surface area contributed by atoms with Gasteiger partial charge in [-0.15, -0.1) is 0 Å². The van der Waals surface area contributed by atoms with Gasteiger partial charge in [-0.3, -0.25) is 0 Å². The van der Waals surface area contributed by atoms with Crippen LogP contribution in [0.4, 0.5) is 0 Å². The van der Waals surface area contributed by atoms with Gasteiger partial charge in [0.1, 0.15) is 5.52 Å². The smallest absolute Gasteiger partial charge is 0.227 e. The molecule has 3 heterocycles. The summed E-state index contributed by atoms with van der Waals surface area (Å²) in [6.45, 7) is 7.95. The molecule has 52 heavy (non-hydrogen) atoms. The first-order valence-electron chi connectivity index (χ1n) is 17.0. The van der Waals surface area contributed by atoms with Crippen LogP contribution in [0.3, 0.4) is 0 Å². The maximum Gasteiger partial charge on any atom is 0.227 e. The van der Waals surface area contributed by atoms with Crippen LogP contribution in [0, 0.1) is 0 Å². The summed E-state index contributed by atoms with van der Waals surface area (Å²) in [7, 11) is 0. The Balaban J connectivity index is 1.09. The van der Waals surface area contributed by atoms with Crippen molar-refractivity contribution in [2.24, 2.45) is 0 Å². The number of aromatic nitrogens is 5. The fourth-order valence-electron chi connectivity index (χ4n) is 6.64. The predicted molar refractivity (Wildman–Crippen MR) is 212 cm³/mol. The fourth-order valence-corrected chi connectivity index (χ4v) is 6.64. The zero-order valence-corrected chi connectivity index (χ0v) is 28.1. The molecule has 0 spiro atoms. The molecule has 0 saturated heterocycles. The summed E-state index contributed by atoms with van der Waals surface area (Å²) in [5, 5.41) is 2.30. The van der Waals surface area contributed by atoms with Gasteiger partial charge < -0.3 is 8.98 Å². The lowest BCUT2D eigenvalue weighted by atomic mass is 10.0. The topological polar surface area (TPSA) is 69.6 Å². The molecule has 6 heteroatoms. The second-order valence-electron chi connectivity index (χ2n) is 12.5. The van der Waals surface area contributed by atoms with E-state index in [1.807, 2.05) is 66.7 Å². The molecule has 0 atom stereocenters. The SMILES string of the molecule is C=C/C=C\C(=C)c1nc(-c2ccccc2)nc(-c2ccc(-c3cccc(-n4c5ccccc5c5cc(-c6nc7ccccc7o6)ccc54)c3)cc2)n1. The Morgan fingerprint density at radius 3 is 2.04 bits per heavy atom. The van der Waals surface area contributed by atoms with Crippen LogP contribution in [0.5, 0.6) is 0 Å². The molecule has 6 nitrogen and oxygen atoms in total. The van der Waals surface area contributed by atoms with Crippen LogP contribution in [-0.2, 0) is 0 Å². The van der Waals surface area contributed by atoms with Crippen LogP contribution in [0.2, 0.25) is 0 Å². The third-order valence-electron chi connectivity index (χ3n) is 9.18. The summed E-state index contributed by atoms with van der Waals surface area (Å²) >= 11 is 0. The Bertz CT molecular complexity index is 2790. The lowest BCUT2D eigenvalue weighted by Crippen LogP contribution is -2.01. The number of rotatable bonds is 8. The quantitative estimate of drug-likeness (QED) is 0.151. The predicted octanol–water partition coefficient (Wildman–Crippen LogP) is 11.5. The van der Waals surface area contributed by atoms with Crippen LogP contribution in [0.25, 0.3) is 89.5 Å². The monoisotopic (exact) mass is 669 g/mol. The molecule has 9 aromatic rings. The van der Waals surface area contributed by atoms with Crippen molar-refractivity contribution in [1.82, 2.24) is 24.5 Å². The minimum atomic E-state index is 0.519. The second kappa shape index (κ2) is 12.9. The van der Waals surface area contributed by atoms with Crippen LogP contribution >= 0.6 is 0 Å². The van der Waals surface area contributed by atoms with Gasteiger partial charge in [-0.1, -0.05) is 128 Å². The average molecular weight is 670 g/mol. The highest BCUT2D eigenvalue weighted by Crippen LogP contribution is 2.36. The molecule has 0 aliphatic carbocycles. The number of allylic oxidation sites excluding steroid dienone is 4. The van der Waals surface area contributed by atoms with Crippen molar-refractivity contribution in [2.75, 3.05) is 0 Å². The summed E-state index contributed by atoms with van der Waals surface area (Å²) in [6.07, 6.45) is 5.39. The van der Waals surface area contributed by atoms with E-state index in [-0.39, 0.29) is 0 Å². The molecule has 246 valence electrons. The molecule has 0 aliphatic heterocycles. The number of fused-ring (bicyclic) bond motifs is 4. The highest BCUT2D eigenvalue weighted by atomic mass is 16.3. The van der Waals surface area contributed by atoms with Crippen molar-refractivity contribution < 1.29 is 4.42 Å². The molecule has 3 aromatic heterocycles. The Morgan fingerprint density at radius 1 is 0.558 bits per heavy atom. The molecule has 0 unspecified atom stereocenters. The molecular weight excluding hydrogens is 639 g/mol. The minimum Gasteiger partial charge on any atom is -0.436 e. The second-order valence-corrected chi connectivity index (χ2v) is 12.5. The number of nitrogens with zero attached hydrogens (tertiary/aromatic N) is 5. The van der Waals surface area contributed by atoms with Gasteiger partial charge in [-0.05, 0) is 59.7 Å². The van der Waals surface area contributed by atoms with Gasteiger partial charge in [0.05, 0.1) is 11.0 Å². The van der Waals surface area contributed by atoms with Gasteiger partial charge in [0.2, 0.25) is 5.89 Å². The zero-order chi connectivity index (χ0) is 35.0. The molecule has 9 rings (SSSR count). The molecule has 0 radical (unpaired) electrons. The van der Waals surface area contributed by atoms with Gasteiger partial charge in [-0.2, -0.15) is 0 Å². The van der Waals surface area contributed by atoms with Gasteiger partial charge in [-0.25, -0.2) is 19.9 Å². The minimum absolute atomic E-state index is 0.519. The summed E-state index contributed by atoms with van der Waals surface area (Å²) in [5.41, 5.74) is 10.5. The number of hydrogen-bond donors (Lipinski definition) is 0. The maximum absolute atomic E-state index is 6.13. The van der Waals surface area contributed by atoms with Crippen LogP contribution in [0.1, 0.15) is 5.82 Å². The van der Waals surface area contributed by atoms with Crippen molar-refractivity contribution >= 4 is 38.5 Å². The number of hydrogen-bond acceptors (Lipinski definition) is 5. The van der Waals surface area contributed by atoms with Crippen molar-refractivity contribution in [1.29, 1.82) is 0 Å². The number of para-hydroxylation sites is 3. The number of benzene rings is 6. The zero-order valence-electron chi connectivity index (χ0n) is 28.1. The van der Waals surface area contributed by atoms with E-state index in [1.54, 1.807) is 6.08 Å². The van der Waals surface area contributed by atoms with E-state index in [0.717, 1.165) is 61.0 Å². The van der Waals surface area contributed by atoms with E-state index in [1.165, 1.54) is 5.39 Å². The first-order valence-corrected chi connectivity index (χ1v) is 17.0. The molecular formula is C46H31N5O. The van der Waals surface area contributed by atoms with E-state index >= 15 is 0 Å². The van der Waals surface area contributed by atoms with Gasteiger partial charge in [0.25, 0.3) is 0 Å². The van der Waals surface area contributed by atoms with Gasteiger partial charge >= 0.3 is 0 Å². The van der Waals surface area contributed by atoms with Gasteiger partial charge in [0, 0.05) is 38.7 Å². The van der Waals surface area contributed by atoms with Crippen molar-refractivity contribution in [3.05, 3.63) is 183 Å². The maximum atomic E-state index is 6.13. The summed E-state index contributed by atoms with van der Waals surface area (Å²) < 4.78 is 8.45. The van der Waals surface area contributed by atoms with E-state index in [4.69, 9.17) is 24.4 Å². The fraction of sp³-hybridized carbons (Fsp3) is 0. The third-order valence-corrected chi connectivity index (χ3v) is 9.18. The number of oxazole rings is 1. The van der Waals surface area contributed by atoms with Crippen LogP contribution in [-0.4, -0.2) is 24.5 Å². The molecule has 6 aromatic carbocycles. The third kappa shape index (κ3) is 5.58. The van der Waals surface area contributed by atoms with Crippen LogP contribution < -0.4 is 0 Å². The first kappa shape index (κ1) is 30.8. The molecule has 0 N–H and O–H groups in total. The summed E-state index contributed by atoms with van der Waals surface area (Å²) in [6, 6.07) is 49.7. The van der Waals surface area contributed by atoms with Crippen molar-refractivity contribution in [3.8, 4) is 51.0 Å². The van der Waals surface area contributed by atoms with E-state index in [2.05, 4.69) is 109 Å². The van der Waals surface area contributed by atoms with E-state index < -0.39 is 0 Å². The van der Waals surface area contributed by atoms with E-state index in [0.29, 0.717) is 28.9 Å². The highest BCUT2D eigenvalue weighted by Gasteiger charge is 2.16. The normalized spacial score (nSPS) is 11.5. The van der Waals surface area contributed by atoms with Crippen molar-refractivity contribution in [3.63, 3.8) is 0 Å². The van der Waals surface area contributed by atoms with Crippen LogP contribution in [0.15, 0.2) is 181 Å². The van der Waals surface area contributed by atoms with Gasteiger partial charge in [0.15, 0.2) is 23.1 Å². The molecule has 0 aliphatic rings. The average Bonchev–Trinajstić information content (AvgIpc) is 3.80. The van der Waals surface area contributed by atoms with Crippen molar-refractivity contribution in [2.45, 2.75) is 0 Å². The molecule has 0 amide bonds. The molecule has 0 saturated carbocycles. The molecule has 0 bridgehead atoms. The molecule has 0 fully saturated rings. The summed E-state index contributed by atoms with van der Waals surface area (Å²) in [5.74, 6) is 2.31. The highest BCUT2D eigenvalue weighted by molar-refractivity contribution is 6.10. The standard InChI is InChI=1S/C46H31N5O/c1-3-4-13-30(2)43-48-44(32-14-6-5-7-15-32)50-45(49-43)33-24-22-31(23-25-33)34-16-12-17-36(28-34)51-40-20-10-8-18-37(40)38-29-35(26-27-41(38)51)46-47-39-19-9-11-21-42(39)52-46/h3-29H,1-2H2/b13-4-. The lowest BCUT2D eigenvalue weighted by Gasteiger charge is -2.11.